The molecule has 0 spiro atoms. The van der Waals surface area contributed by atoms with Crippen molar-refractivity contribution in [1.29, 1.82) is 0 Å². The number of amides is 1. The second-order valence-electron chi connectivity index (χ2n) is 5.91. The number of tetrazole rings is 1. The van der Waals surface area contributed by atoms with Crippen LogP contribution in [0.4, 0.5) is 5.69 Å². The lowest BCUT2D eigenvalue weighted by molar-refractivity contribution is -0.117. The maximum atomic E-state index is 12.3. The van der Waals surface area contributed by atoms with E-state index < -0.39 is 0 Å². The molecule has 0 bridgehead atoms. The van der Waals surface area contributed by atoms with Crippen molar-refractivity contribution in [1.82, 2.24) is 20.2 Å². The van der Waals surface area contributed by atoms with Crippen molar-refractivity contribution in [2.45, 2.75) is 13.0 Å². The first kappa shape index (κ1) is 17.5. The van der Waals surface area contributed by atoms with Gasteiger partial charge in [-0.15, -0.1) is 10.2 Å². The van der Waals surface area contributed by atoms with Gasteiger partial charge in [-0.2, -0.15) is 4.80 Å². The summed E-state index contributed by atoms with van der Waals surface area (Å²) in [5, 5.41) is 15.0. The second-order valence-corrected chi connectivity index (χ2v) is 6.83. The quantitative estimate of drug-likeness (QED) is 0.685. The number of ether oxygens (including phenoxy) is 2. The third-order valence-corrected chi connectivity index (χ3v) is 4.40. The van der Waals surface area contributed by atoms with Crippen molar-refractivity contribution < 1.29 is 14.3 Å². The van der Waals surface area contributed by atoms with E-state index in [-0.39, 0.29) is 12.5 Å². The first-order valence-corrected chi connectivity index (χ1v) is 9.20. The van der Waals surface area contributed by atoms with Crippen LogP contribution in [0.1, 0.15) is 6.42 Å². The topological polar surface area (TPSA) is 91.2 Å². The van der Waals surface area contributed by atoms with Crippen molar-refractivity contribution >= 4 is 27.5 Å². The third-order valence-electron chi connectivity index (χ3n) is 3.87. The Hall–Kier alpha value is -2.94. The zero-order valence-electron chi connectivity index (χ0n) is 14.3. The van der Waals surface area contributed by atoms with Gasteiger partial charge in [0.2, 0.25) is 11.7 Å². The number of benzene rings is 2. The van der Waals surface area contributed by atoms with Gasteiger partial charge in [0.15, 0.2) is 11.5 Å². The second kappa shape index (κ2) is 7.75. The van der Waals surface area contributed by atoms with E-state index in [1.165, 1.54) is 4.80 Å². The molecule has 27 heavy (non-hydrogen) atoms. The van der Waals surface area contributed by atoms with Gasteiger partial charge in [-0.05, 0) is 41.6 Å². The molecule has 1 amide bonds. The maximum absolute atomic E-state index is 12.3. The van der Waals surface area contributed by atoms with Crippen molar-refractivity contribution in [3.63, 3.8) is 0 Å². The summed E-state index contributed by atoms with van der Waals surface area (Å²) in [7, 11) is 0. The predicted molar refractivity (Wildman–Crippen MR) is 102 cm³/mol. The Bertz CT molecular complexity index is 958. The van der Waals surface area contributed by atoms with Gasteiger partial charge in [0, 0.05) is 28.2 Å². The molecule has 0 fully saturated rings. The Balaban J connectivity index is 1.41. The van der Waals surface area contributed by atoms with E-state index >= 15 is 0 Å². The fourth-order valence-electron chi connectivity index (χ4n) is 2.59. The van der Waals surface area contributed by atoms with Crippen LogP contribution < -0.4 is 14.8 Å². The lowest BCUT2D eigenvalue weighted by Gasteiger charge is -2.10. The smallest absolute Gasteiger partial charge is 0.248 e. The van der Waals surface area contributed by atoms with Gasteiger partial charge in [-0.1, -0.05) is 15.9 Å². The fourth-order valence-corrected chi connectivity index (χ4v) is 2.86. The molecule has 0 aliphatic carbocycles. The van der Waals surface area contributed by atoms with Crippen LogP contribution in [-0.4, -0.2) is 39.3 Å². The largest absolute Gasteiger partial charge is 0.490 e. The van der Waals surface area contributed by atoms with Gasteiger partial charge in [-0.25, -0.2) is 0 Å². The highest BCUT2D eigenvalue weighted by molar-refractivity contribution is 9.10. The number of nitrogens with one attached hydrogen (secondary N) is 1. The summed E-state index contributed by atoms with van der Waals surface area (Å²) in [6.45, 7) is 1.17. The number of halogens is 1. The number of rotatable bonds is 4. The van der Waals surface area contributed by atoms with Gasteiger partial charge >= 0.3 is 0 Å². The minimum Gasteiger partial charge on any atom is -0.490 e. The molecular weight excluding hydrogens is 414 g/mol. The lowest BCUT2D eigenvalue weighted by atomic mass is 10.2. The Kier molecular flexibility index (Phi) is 5.01. The number of hydrogen-bond donors (Lipinski definition) is 1. The van der Waals surface area contributed by atoms with Crippen LogP contribution in [0.15, 0.2) is 46.9 Å². The van der Waals surface area contributed by atoms with E-state index in [1.54, 1.807) is 18.2 Å². The minimum atomic E-state index is -0.260. The molecule has 2 heterocycles. The zero-order valence-corrected chi connectivity index (χ0v) is 15.8. The minimum absolute atomic E-state index is 0.0437. The van der Waals surface area contributed by atoms with Gasteiger partial charge in [0.25, 0.3) is 0 Å². The SMILES string of the molecule is O=C(Cn1nnc(-c2ccc(Br)cc2)n1)Nc1ccc2c(c1)OCCCO2. The molecule has 0 saturated carbocycles. The molecular formula is C18H16BrN5O3. The molecule has 0 saturated heterocycles. The molecule has 1 N–H and O–H groups in total. The van der Waals surface area contributed by atoms with E-state index in [1.807, 2.05) is 24.3 Å². The van der Waals surface area contributed by atoms with Crippen LogP contribution in [0, 0.1) is 0 Å². The van der Waals surface area contributed by atoms with E-state index in [2.05, 4.69) is 36.7 Å². The monoisotopic (exact) mass is 429 g/mol. The average Bonchev–Trinajstić information content (AvgIpc) is 2.99. The molecule has 0 unspecified atom stereocenters. The molecule has 2 aromatic carbocycles. The van der Waals surface area contributed by atoms with Crippen LogP contribution in [0.25, 0.3) is 11.4 Å². The molecule has 1 aliphatic heterocycles. The highest BCUT2D eigenvalue weighted by Gasteiger charge is 2.13. The first-order chi connectivity index (χ1) is 13.2. The summed E-state index contributed by atoms with van der Waals surface area (Å²) < 4.78 is 12.2. The summed E-state index contributed by atoms with van der Waals surface area (Å²) in [6.07, 6.45) is 0.828. The molecule has 1 aromatic heterocycles. The van der Waals surface area contributed by atoms with Crippen LogP contribution >= 0.6 is 15.9 Å². The molecule has 9 heteroatoms. The Morgan fingerprint density at radius 3 is 2.70 bits per heavy atom. The molecule has 1 aliphatic rings. The number of carbonyl (C=O) groups is 1. The van der Waals surface area contributed by atoms with Crippen LogP contribution in [0.2, 0.25) is 0 Å². The van der Waals surface area contributed by atoms with E-state index in [4.69, 9.17) is 9.47 Å². The number of anilines is 1. The summed E-state index contributed by atoms with van der Waals surface area (Å²) >= 11 is 3.38. The van der Waals surface area contributed by atoms with Crippen molar-refractivity contribution in [3.05, 3.63) is 46.9 Å². The first-order valence-electron chi connectivity index (χ1n) is 8.41. The van der Waals surface area contributed by atoms with Crippen molar-refractivity contribution in [3.8, 4) is 22.9 Å². The fraction of sp³-hybridized carbons (Fsp3) is 0.222. The number of nitrogens with zero attached hydrogens (tertiary/aromatic N) is 4. The Labute approximate surface area is 163 Å². The molecule has 3 aromatic rings. The molecule has 8 nitrogen and oxygen atoms in total. The number of fused-ring (bicyclic) bond motifs is 1. The Morgan fingerprint density at radius 2 is 1.89 bits per heavy atom. The van der Waals surface area contributed by atoms with Gasteiger partial charge in [0.1, 0.15) is 6.54 Å². The third kappa shape index (κ3) is 4.25. The lowest BCUT2D eigenvalue weighted by Crippen LogP contribution is -2.20. The predicted octanol–water partition coefficient (Wildman–Crippen LogP) is 2.90. The van der Waals surface area contributed by atoms with Crippen molar-refractivity contribution in [2.75, 3.05) is 18.5 Å². The zero-order chi connectivity index (χ0) is 18.6. The van der Waals surface area contributed by atoms with Gasteiger partial charge in [-0.3, -0.25) is 4.79 Å². The van der Waals surface area contributed by atoms with Crippen LogP contribution in [-0.2, 0) is 11.3 Å². The van der Waals surface area contributed by atoms with E-state index in [0.29, 0.717) is 36.2 Å². The van der Waals surface area contributed by atoms with E-state index in [9.17, 15) is 4.79 Å². The molecule has 4 rings (SSSR count). The normalized spacial score (nSPS) is 13.1. The van der Waals surface area contributed by atoms with Crippen LogP contribution in [0.5, 0.6) is 11.5 Å². The van der Waals surface area contributed by atoms with Gasteiger partial charge in [0.05, 0.1) is 13.2 Å². The maximum Gasteiger partial charge on any atom is 0.248 e. The van der Waals surface area contributed by atoms with E-state index in [0.717, 1.165) is 16.5 Å². The highest BCUT2D eigenvalue weighted by atomic mass is 79.9. The standard InChI is InChI=1S/C18H16BrN5O3/c19-13-4-2-12(3-5-13)18-21-23-24(22-18)11-17(25)20-14-6-7-15-16(10-14)27-9-1-8-26-15/h2-7,10H,1,8-9,11H2,(H,20,25). The number of hydrogen-bond acceptors (Lipinski definition) is 6. The Morgan fingerprint density at radius 1 is 1.11 bits per heavy atom. The van der Waals surface area contributed by atoms with Crippen LogP contribution in [0.3, 0.4) is 0 Å². The average molecular weight is 430 g/mol. The molecule has 0 radical (unpaired) electrons. The number of aromatic nitrogens is 4. The summed E-state index contributed by atoms with van der Waals surface area (Å²) in [5.41, 5.74) is 1.45. The van der Waals surface area contributed by atoms with Crippen molar-refractivity contribution in [2.24, 2.45) is 0 Å². The summed E-state index contributed by atoms with van der Waals surface area (Å²) in [4.78, 5) is 13.5. The number of carbonyl (C=O) groups excluding carboxylic acids is 1. The van der Waals surface area contributed by atoms with Gasteiger partial charge < -0.3 is 14.8 Å². The highest BCUT2D eigenvalue weighted by Crippen LogP contribution is 2.32. The summed E-state index contributed by atoms with van der Waals surface area (Å²) in [6, 6.07) is 12.9. The molecule has 138 valence electrons. The summed E-state index contributed by atoms with van der Waals surface area (Å²) in [5.74, 6) is 1.51. The molecule has 0 atom stereocenters.